The van der Waals surface area contributed by atoms with Gasteiger partial charge >= 0.3 is 22.9 Å². The fourth-order valence-electron chi connectivity index (χ4n) is 0.515. The van der Waals surface area contributed by atoms with Crippen molar-refractivity contribution in [1.82, 2.24) is 0 Å². The number of hydrogen-bond acceptors (Lipinski definition) is 4. The summed E-state index contributed by atoms with van der Waals surface area (Å²) in [5.41, 5.74) is 0. The maximum Gasteiger partial charge on any atom is 0.467 e. The molecule has 0 aliphatic carbocycles. The van der Waals surface area contributed by atoms with Crippen LogP contribution in [0.5, 0.6) is 0 Å². The van der Waals surface area contributed by atoms with Crippen LogP contribution >= 0.6 is 0 Å². The molecule has 0 saturated carbocycles. The molecule has 0 aliphatic rings. The second kappa shape index (κ2) is 7.16. The van der Waals surface area contributed by atoms with Gasteiger partial charge in [0.1, 0.15) is 0 Å². The first-order valence-electron chi connectivity index (χ1n) is 4.98. The largest absolute Gasteiger partial charge is 0.467 e. The van der Waals surface area contributed by atoms with Crippen LogP contribution in [0.1, 0.15) is 0 Å². The van der Waals surface area contributed by atoms with Gasteiger partial charge in [-0.1, -0.05) is 0 Å². The molecule has 0 aromatic rings. The lowest BCUT2D eigenvalue weighted by Gasteiger charge is -2.31. The van der Waals surface area contributed by atoms with Crippen molar-refractivity contribution in [2.45, 2.75) is 22.9 Å². The van der Waals surface area contributed by atoms with E-state index in [2.05, 4.69) is 0 Å². The van der Waals surface area contributed by atoms with Gasteiger partial charge in [-0.2, -0.15) is 43.9 Å². The Labute approximate surface area is 128 Å². The fraction of sp³-hybridized carbons (Fsp3) is 1.00. The summed E-state index contributed by atoms with van der Waals surface area (Å²) in [5, 5.41) is -12.0. The molecule has 0 aromatic heterocycles. The number of halogens is 10. The van der Waals surface area contributed by atoms with E-state index in [4.69, 9.17) is 0 Å². The number of nitrogens with two attached hydrogens (primary N) is 1. The zero-order valence-corrected chi connectivity index (χ0v) is 12.9. The summed E-state index contributed by atoms with van der Waals surface area (Å²) in [6.45, 7) is 0. The van der Waals surface area contributed by atoms with E-state index in [-0.39, 0.29) is 0 Å². The van der Waals surface area contributed by atoms with Crippen LogP contribution in [-0.4, -0.2) is 53.8 Å². The molecule has 18 heteroatoms. The van der Waals surface area contributed by atoms with Crippen LogP contribution in [-0.2, 0) is 20.0 Å². The Morgan fingerprint density at radius 2 is 0.792 bits per heavy atom. The molecular weight excluding hydrogens is 418 g/mol. The third kappa shape index (κ3) is 5.06. The summed E-state index contributed by atoms with van der Waals surface area (Å²) in [6.07, 6.45) is -14.0. The summed E-state index contributed by atoms with van der Waals surface area (Å²) in [6, 6.07) is 0. The minimum Gasteiger partial charge on any atom is -0.425 e. The lowest BCUT2D eigenvalue weighted by atomic mass is 10.7. The molecule has 0 fully saturated rings. The van der Waals surface area contributed by atoms with Crippen LogP contribution in [0.25, 0.3) is 4.13 Å². The van der Waals surface area contributed by atoms with Crippen LogP contribution in [0.15, 0.2) is 0 Å². The van der Waals surface area contributed by atoms with E-state index in [1.54, 1.807) is 0 Å². The highest BCUT2D eigenvalue weighted by Gasteiger charge is 2.68. The van der Waals surface area contributed by atoms with Crippen LogP contribution in [0, 0.1) is 0 Å². The monoisotopic (exact) mass is 426 g/mol. The molecule has 0 amide bonds. The molecule has 24 heavy (non-hydrogen) atoms. The Bertz CT molecular complexity index is 567. The zero-order valence-electron chi connectivity index (χ0n) is 11.3. The standard InChI is InChI=1S/C4F10NO4S2.C2H7N/c5-1(6,7)3(11,12)20(16,17)15-21(18,19)4(13,14)2(8,9)10;1-3-2/h;3H,1-2H3/q-1;/p+1. The van der Waals surface area contributed by atoms with Gasteiger partial charge in [0.25, 0.3) is 0 Å². The Balaban J connectivity index is 0. The van der Waals surface area contributed by atoms with Crippen molar-refractivity contribution in [2.24, 2.45) is 0 Å². The highest BCUT2D eigenvalue weighted by molar-refractivity contribution is 8.13. The van der Waals surface area contributed by atoms with Crippen molar-refractivity contribution in [3.63, 3.8) is 0 Å². The maximum atomic E-state index is 12.3. The minimum absolute atomic E-state index is 0.422. The average molecular weight is 426 g/mol. The van der Waals surface area contributed by atoms with Crippen LogP contribution < -0.4 is 5.32 Å². The summed E-state index contributed by atoms with van der Waals surface area (Å²) < 4.78 is 161. The van der Waals surface area contributed by atoms with Gasteiger partial charge in [-0.05, 0) is 0 Å². The molecule has 0 spiro atoms. The van der Waals surface area contributed by atoms with E-state index in [1.165, 1.54) is 0 Å². The van der Waals surface area contributed by atoms with Gasteiger partial charge < -0.3 is 9.44 Å². The van der Waals surface area contributed by atoms with E-state index in [9.17, 15) is 60.7 Å². The van der Waals surface area contributed by atoms with Crippen molar-refractivity contribution < 1.29 is 66.1 Å². The number of rotatable bonds is 4. The Kier molecular flexibility index (Phi) is 7.57. The van der Waals surface area contributed by atoms with Gasteiger partial charge in [0.15, 0.2) is 20.0 Å². The molecule has 0 heterocycles. The summed E-state index contributed by atoms with van der Waals surface area (Å²) >= 11 is 0. The molecule has 148 valence electrons. The third-order valence-corrected chi connectivity index (χ3v) is 4.83. The Morgan fingerprint density at radius 3 is 0.917 bits per heavy atom. The minimum atomic E-state index is -7.62. The summed E-state index contributed by atoms with van der Waals surface area (Å²) in [7, 11) is -11.2. The average Bonchev–Trinajstić information content (AvgIpc) is 2.24. The second-order valence-electron chi connectivity index (χ2n) is 3.63. The molecule has 6 nitrogen and oxygen atoms in total. The molecule has 0 bridgehead atoms. The van der Waals surface area contributed by atoms with E-state index >= 15 is 0 Å². The Morgan fingerprint density at radius 1 is 0.625 bits per heavy atom. The fourth-order valence-corrected chi connectivity index (χ4v) is 2.88. The smallest absolute Gasteiger partial charge is 0.425 e. The van der Waals surface area contributed by atoms with Gasteiger partial charge in [0, 0.05) is 0 Å². The van der Waals surface area contributed by atoms with Crippen molar-refractivity contribution in [3.8, 4) is 0 Å². The number of hydrogen-bond donors (Lipinski definition) is 1. The highest BCUT2D eigenvalue weighted by atomic mass is 32.3. The van der Waals surface area contributed by atoms with E-state index < -0.39 is 42.9 Å². The van der Waals surface area contributed by atoms with Gasteiger partial charge in [-0.3, -0.25) is 0 Å². The molecule has 0 aromatic carbocycles. The SMILES string of the molecule is C[NH2+]C.O=S(=O)([N-]S(=O)(=O)C(F)(F)C(F)(F)F)C(F)(F)C(F)(F)F. The van der Waals surface area contributed by atoms with E-state index in [1.807, 2.05) is 19.4 Å². The van der Waals surface area contributed by atoms with Gasteiger partial charge in [0.05, 0.1) is 14.1 Å². The normalized spacial score (nSPS) is 14.8. The van der Waals surface area contributed by atoms with Crippen molar-refractivity contribution in [1.29, 1.82) is 0 Å². The molecule has 2 N–H and O–H groups in total. The third-order valence-electron chi connectivity index (χ3n) is 1.50. The van der Waals surface area contributed by atoms with Crippen molar-refractivity contribution >= 4 is 20.0 Å². The quantitative estimate of drug-likeness (QED) is 0.682. The van der Waals surface area contributed by atoms with Gasteiger partial charge in [-0.25, -0.2) is 16.8 Å². The van der Waals surface area contributed by atoms with Gasteiger partial charge in [-0.15, -0.1) is 0 Å². The second-order valence-corrected chi connectivity index (χ2v) is 7.15. The zero-order chi connectivity index (χ0) is 20.4. The first-order chi connectivity index (χ1) is 10.1. The Hall–Kier alpha value is -0.880. The lowest BCUT2D eigenvalue weighted by molar-refractivity contribution is -0.597. The molecule has 0 aliphatic heterocycles. The summed E-state index contributed by atoms with van der Waals surface area (Å²) in [5.74, 6) is 0. The number of alkyl halides is 10. The molecular formula is C6H8F10N2O4S2. The topological polar surface area (TPSA) is 99.0 Å². The molecule has 0 rings (SSSR count). The first kappa shape index (κ1) is 25.4. The molecule has 0 saturated heterocycles. The molecule has 0 atom stereocenters. The lowest BCUT2D eigenvalue weighted by Crippen LogP contribution is -2.74. The van der Waals surface area contributed by atoms with Crippen molar-refractivity contribution in [2.75, 3.05) is 14.1 Å². The number of nitrogens with zero attached hydrogens (tertiary/aromatic N) is 1. The summed E-state index contributed by atoms with van der Waals surface area (Å²) in [4.78, 5) is 0. The van der Waals surface area contributed by atoms with Crippen LogP contribution in [0.4, 0.5) is 43.9 Å². The van der Waals surface area contributed by atoms with E-state index in [0.717, 1.165) is 0 Å². The van der Waals surface area contributed by atoms with E-state index in [0.29, 0.717) is 4.13 Å². The molecule has 0 radical (unpaired) electrons. The first-order valence-corrected chi connectivity index (χ1v) is 7.86. The number of sulfonamides is 2. The van der Waals surface area contributed by atoms with Crippen LogP contribution in [0.3, 0.4) is 0 Å². The highest BCUT2D eigenvalue weighted by Crippen LogP contribution is 2.47. The van der Waals surface area contributed by atoms with Crippen LogP contribution in [0.2, 0.25) is 0 Å². The maximum absolute atomic E-state index is 12.3. The molecule has 0 unspecified atom stereocenters. The van der Waals surface area contributed by atoms with Crippen molar-refractivity contribution in [3.05, 3.63) is 4.13 Å². The predicted octanol–water partition coefficient (Wildman–Crippen LogP) is 1.14. The predicted molar refractivity (Wildman–Crippen MR) is 57.0 cm³/mol. The number of quaternary nitrogens is 1. The van der Waals surface area contributed by atoms with Gasteiger partial charge in [0.2, 0.25) is 0 Å².